The van der Waals surface area contributed by atoms with Crippen LogP contribution in [0.1, 0.15) is 18.5 Å². The van der Waals surface area contributed by atoms with Crippen LogP contribution in [0.25, 0.3) is 0 Å². The summed E-state index contributed by atoms with van der Waals surface area (Å²) >= 11 is 3.20. The molecule has 0 radical (unpaired) electrons. The Labute approximate surface area is 124 Å². The molecule has 0 unspecified atom stereocenters. The van der Waals surface area contributed by atoms with Crippen LogP contribution in [-0.4, -0.2) is 4.92 Å². The second-order valence-electron chi connectivity index (χ2n) is 4.27. The quantitative estimate of drug-likeness (QED) is 0.671. The van der Waals surface area contributed by atoms with Crippen LogP contribution in [0.15, 0.2) is 46.9 Å². The Morgan fingerprint density at radius 2 is 1.85 bits per heavy atom. The first kappa shape index (κ1) is 14.5. The standard InChI is InChI=1S/C14H13BrN2O3/c1-9(16)10-5-2-3-7-12(10)20-13-8-4-6-11(14(13)15)17(18)19/h2-9H,16H2,1H3/t9-/m0/s1. The molecule has 2 rings (SSSR count). The summed E-state index contributed by atoms with van der Waals surface area (Å²) in [4.78, 5) is 10.4. The second kappa shape index (κ2) is 6.02. The van der Waals surface area contributed by atoms with Crippen LogP contribution in [0.2, 0.25) is 0 Å². The molecule has 2 aromatic carbocycles. The van der Waals surface area contributed by atoms with Gasteiger partial charge in [-0.25, -0.2) is 0 Å². The van der Waals surface area contributed by atoms with Crippen LogP contribution in [-0.2, 0) is 0 Å². The van der Waals surface area contributed by atoms with Crippen molar-refractivity contribution in [2.45, 2.75) is 13.0 Å². The number of hydrogen-bond donors (Lipinski definition) is 1. The molecule has 0 fully saturated rings. The van der Waals surface area contributed by atoms with Gasteiger partial charge in [-0.2, -0.15) is 0 Å². The predicted molar refractivity (Wildman–Crippen MR) is 79.9 cm³/mol. The van der Waals surface area contributed by atoms with Gasteiger partial charge in [-0.15, -0.1) is 0 Å². The minimum absolute atomic E-state index is 0.0409. The molecule has 20 heavy (non-hydrogen) atoms. The van der Waals surface area contributed by atoms with Gasteiger partial charge in [0.15, 0.2) is 0 Å². The average Bonchev–Trinajstić information content (AvgIpc) is 2.41. The van der Waals surface area contributed by atoms with E-state index in [4.69, 9.17) is 10.5 Å². The number of nitrogens with two attached hydrogens (primary N) is 1. The molecule has 6 heteroatoms. The van der Waals surface area contributed by atoms with Gasteiger partial charge in [0.25, 0.3) is 5.69 Å². The number of benzene rings is 2. The van der Waals surface area contributed by atoms with E-state index in [1.54, 1.807) is 18.2 Å². The summed E-state index contributed by atoms with van der Waals surface area (Å²) in [5.74, 6) is 0.969. The first-order valence-electron chi connectivity index (χ1n) is 5.96. The van der Waals surface area contributed by atoms with Crippen molar-refractivity contribution in [2.75, 3.05) is 0 Å². The van der Waals surface area contributed by atoms with Crippen LogP contribution in [0.5, 0.6) is 11.5 Å². The van der Waals surface area contributed by atoms with E-state index in [-0.39, 0.29) is 11.7 Å². The van der Waals surface area contributed by atoms with Crippen LogP contribution < -0.4 is 10.5 Å². The molecule has 0 aliphatic carbocycles. The molecule has 0 saturated heterocycles. The summed E-state index contributed by atoms with van der Waals surface area (Å²) in [7, 11) is 0. The first-order chi connectivity index (χ1) is 9.50. The second-order valence-corrected chi connectivity index (χ2v) is 5.07. The fourth-order valence-corrected chi connectivity index (χ4v) is 2.28. The summed E-state index contributed by atoms with van der Waals surface area (Å²) in [6.45, 7) is 1.85. The number of ether oxygens (including phenoxy) is 1. The molecule has 0 aliphatic rings. The third-order valence-corrected chi connectivity index (χ3v) is 3.57. The highest BCUT2D eigenvalue weighted by Gasteiger charge is 2.17. The number of halogens is 1. The molecule has 0 spiro atoms. The Hall–Kier alpha value is -1.92. The molecule has 104 valence electrons. The largest absolute Gasteiger partial charge is 0.456 e. The van der Waals surface area contributed by atoms with Gasteiger partial charge in [0.1, 0.15) is 16.0 Å². The number of hydrogen-bond acceptors (Lipinski definition) is 4. The normalized spacial score (nSPS) is 11.9. The molecule has 2 aromatic rings. The van der Waals surface area contributed by atoms with E-state index in [2.05, 4.69) is 15.9 Å². The van der Waals surface area contributed by atoms with E-state index < -0.39 is 4.92 Å². The van der Waals surface area contributed by atoms with Crippen molar-refractivity contribution in [2.24, 2.45) is 5.73 Å². The maximum atomic E-state index is 10.9. The Bertz CT molecular complexity index is 644. The van der Waals surface area contributed by atoms with Crippen molar-refractivity contribution in [1.82, 2.24) is 0 Å². The fourth-order valence-electron chi connectivity index (χ4n) is 1.79. The number of para-hydroxylation sites is 1. The van der Waals surface area contributed by atoms with Crippen molar-refractivity contribution in [1.29, 1.82) is 0 Å². The topological polar surface area (TPSA) is 78.4 Å². The van der Waals surface area contributed by atoms with Gasteiger partial charge in [0.2, 0.25) is 0 Å². The summed E-state index contributed by atoms with van der Waals surface area (Å²) in [6, 6.07) is 11.8. The van der Waals surface area contributed by atoms with Gasteiger partial charge >= 0.3 is 0 Å². The average molecular weight is 337 g/mol. The molecule has 0 amide bonds. The summed E-state index contributed by atoms with van der Waals surface area (Å²) in [5.41, 5.74) is 6.68. The molecule has 0 saturated carbocycles. The maximum Gasteiger partial charge on any atom is 0.287 e. The van der Waals surface area contributed by atoms with E-state index in [9.17, 15) is 10.1 Å². The summed E-state index contributed by atoms with van der Waals surface area (Å²) in [5, 5.41) is 10.9. The van der Waals surface area contributed by atoms with Crippen LogP contribution >= 0.6 is 15.9 Å². The predicted octanol–water partition coefficient (Wildman–Crippen LogP) is 4.17. The van der Waals surface area contributed by atoms with E-state index in [1.807, 2.05) is 25.1 Å². The van der Waals surface area contributed by atoms with Crippen molar-refractivity contribution in [3.63, 3.8) is 0 Å². The first-order valence-corrected chi connectivity index (χ1v) is 6.75. The Morgan fingerprint density at radius 3 is 2.50 bits per heavy atom. The number of nitro groups is 1. The minimum Gasteiger partial charge on any atom is -0.456 e. The Kier molecular flexibility index (Phi) is 4.36. The smallest absolute Gasteiger partial charge is 0.287 e. The molecule has 0 aromatic heterocycles. The SMILES string of the molecule is C[C@H](N)c1ccccc1Oc1cccc([N+](=O)[O-])c1Br. The lowest BCUT2D eigenvalue weighted by Gasteiger charge is -2.14. The Morgan fingerprint density at radius 1 is 1.20 bits per heavy atom. The van der Waals surface area contributed by atoms with Gasteiger partial charge in [0.05, 0.1) is 4.92 Å². The van der Waals surface area contributed by atoms with E-state index in [1.165, 1.54) is 6.07 Å². The zero-order valence-corrected chi connectivity index (χ0v) is 12.3. The fraction of sp³-hybridized carbons (Fsp3) is 0.143. The van der Waals surface area contributed by atoms with Crippen molar-refractivity contribution in [3.8, 4) is 11.5 Å². The number of nitro benzene ring substituents is 1. The minimum atomic E-state index is -0.464. The van der Waals surface area contributed by atoms with Gasteiger partial charge < -0.3 is 10.5 Å². The van der Waals surface area contributed by atoms with Crippen molar-refractivity contribution >= 4 is 21.6 Å². The van der Waals surface area contributed by atoms with E-state index >= 15 is 0 Å². The van der Waals surface area contributed by atoms with Gasteiger partial charge in [-0.05, 0) is 35.0 Å². The molecule has 0 bridgehead atoms. The monoisotopic (exact) mass is 336 g/mol. The molecule has 5 nitrogen and oxygen atoms in total. The third-order valence-electron chi connectivity index (χ3n) is 2.77. The summed E-state index contributed by atoms with van der Waals surface area (Å²) < 4.78 is 6.07. The molecule has 1 atom stereocenters. The number of nitrogens with zero attached hydrogens (tertiary/aromatic N) is 1. The molecular weight excluding hydrogens is 324 g/mol. The van der Waals surface area contributed by atoms with Crippen LogP contribution in [0.4, 0.5) is 5.69 Å². The zero-order chi connectivity index (χ0) is 14.7. The number of rotatable bonds is 4. The zero-order valence-electron chi connectivity index (χ0n) is 10.7. The maximum absolute atomic E-state index is 10.9. The van der Waals surface area contributed by atoms with Crippen molar-refractivity contribution < 1.29 is 9.66 Å². The third kappa shape index (κ3) is 2.97. The summed E-state index contributed by atoms with van der Waals surface area (Å²) in [6.07, 6.45) is 0. The highest BCUT2D eigenvalue weighted by molar-refractivity contribution is 9.10. The van der Waals surface area contributed by atoms with Gasteiger partial charge in [0, 0.05) is 17.7 Å². The van der Waals surface area contributed by atoms with Crippen LogP contribution in [0.3, 0.4) is 0 Å². The Balaban J connectivity index is 2.41. The lowest BCUT2D eigenvalue weighted by Crippen LogP contribution is -2.06. The lowest BCUT2D eigenvalue weighted by molar-refractivity contribution is -0.385. The van der Waals surface area contributed by atoms with Crippen molar-refractivity contribution in [3.05, 3.63) is 62.6 Å². The van der Waals surface area contributed by atoms with Crippen LogP contribution in [0, 0.1) is 10.1 Å². The molecule has 0 heterocycles. The van der Waals surface area contributed by atoms with Gasteiger partial charge in [-0.1, -0.05) is 24.3 Å². The molecule has 2 N–H and O–H groups in total. The highest BCUT2D eigenvalue weighted by atomic mass is 79.9. The van der Waals surface area contributed by atoms with Gasteiger partial charge in [-0.3, -0.25) is 10.1 Å². The molecular formula is C14H13BrN2O3. The molecule has 0 aliphatic heterocycles. The van der Waals surface area contributed by atoms with E-state index in [0.29, 0.717) is 16.0 Å². The van der Waals surface area contributed by atoms with E-state index in [0.717, 1.165) is 5.56 Å². The lowest BCUT2D eigenvalue weighted by atomic mass is 10.1. The highest BCUT2D eigenvalue weighted by Crippen LogP contribution is 2.37.